The van der Waals surface area contributed by atoms with Gasteiger partial charge in [0.2, 0.25) is 23.6 Å². The molecule has 0 aliphatic heterocycles. The Balaban J connectivity index is 0. The molecule has 0 spiro atoms. The van der Waals surface area contributed by atoms with Gasteiger partial charge in [-0.3, -0.25) is 19.2 Å². The van der Waals surface area contributed by atoms with Crippen molar-refractivity contribution in [2.45, 2.75) is 84.9 Å². The zero-order chi connectivity index (χ0) is 34.6. The average Bonchev–Trinajstić information content (AvgIpc) is 3.01. The van der Waals surface area contributed by atoms with E-state index < -0.39 is 41.7 Å². The van der Waals surface area contributed by atoms with Crippen molar-refractivity contribution >= 4 is 35.3 Å². The SMILES string of the molecule is CC(C)C(NC(=O)CNC(=O)C(N)CCCCN)C(=O)NCC(=O)Nc1ccc(CO)cc1.CCCCN.CCCNC(N)=O. The van der Waals surface area contributed by atoms with Crippen LogP contribution in [0.2, 0.25) is 0 Å². The third-order valence-electron chi connectivity index (χ3n) is 5.95. The average molecular weight is 640 g/mol. The molecule has 0 fully saturated rings. The van der Waals surface area contributed by atoms with Crippen molar-refractivity contribution in [2.24, 2.45) is 28.9 Å². The molecular weight excluding hydrogens is 582 g/mol. The molecular formula is C30H57N9O6. The summed E-state index contributed by atoms with van der Waals surface area (Å²) in [6.45, 7) is 8.94. The zero-order valence-electron chi connectivity index (χ0n) is 27.3. The zero-order valence-corrected chi connectivity index (χ0v) is 27.3. The van der Waals surface area contributed by atoms with E-state index in [0.29, 0.717) is 37.2 Å². The molecule has 0 heterocycles. The second-order valence-corrected chi connectivity index (χ2v) is 10.5. The van der Waals surface area contributed by atoms with Crippen LogP contribution in [-0.2, 0) is 25.8 Å². The van der Waals surface area contributed by atoms with Crippen LogP contribution in [0.1, 0.15) is 71.8 Å². The largest absolute Gasteiger partial charge is 0.392 e. The van der Waals surface area contributed by atoms with Crippen molar-refractivity contribution in [3.05, 3.63) is 29.8 Å². The molecule has 0 saturated heterocycles. The van der Waals surface area contributed by atoms with Crippen molar-refractivity contribution in [3.8, 4) is 0 Å². The number of nitrogens with one attached hydrogen (secondary N) is 5. The lowest BCUT2D eigenvalue weighted by Crippen LogP contribution is -2.53. The van der Waals surface area contributed by atoms with Crippen molar-refractivity contribution in [2.75, 3.05) is 38.0 Å². The van der Waals surface area contributed by atoms with Gasteiger partial charge >= 0.3 is 6.03 Å². The summed E-state index contributed by atoms with van der Waals surface area (Å²) in [5.74, 6) is -2.20. The number of hydrogen-bond acceptors (Lipinski definition) is 9. The first-order chi connectivity index (χ1) is 21.4. The molecule has 14 N–H and O–H groups in total. The predicted molar refractivity (Wildman–Crippen MR) is 177 cm³/mol. The highest BCUT2D eigenvalue weighted by molar-refractivity contribution is 5.96. The molecule has 0 aromatic heterocycles. The minimum atomic E-state index is -0.885. The molecule has 15 heteroatoms. The predicted octanol–water partition coefficient (Wildman–Crippen LogP) is -0.243. The van der Waals surface area contributed by atoms with E-state index in [1.165, 1.54) is 12.8 Å². The number of aliphatic hydroxyl groups excluding tert-OH is 1. The van der Waals surface area contributed by atoms with Crippen molar-refractivity contribution in [1.29, 1.82) is 0 Å². The van der Waals surface area contributed by atoms with E-state index in [-0.39, 0.29) is 25.6 Å². The first-order valence-corrected chi connectivity index (χ1v) is 15.4. The Bertz CT molecular complexity index is 975. The fourth-order valence-corrected chi connectivity index (χ4v) is 3.33. The number of nitrogens with two attached hydrogens (primary N) is 4. The highest BCUT2D eigenvalue weighted by Crippen LogP contribution is 2.09. The van der Waals surface area contributed by atoms with Crippen LogP contribution >= 0.6 is 0 Å². The molecule has 1 aromatic carbocycles. The van der Waals surface area contributed by atoms with E-state index in [0.717, 1.165) is 19.4 Å². The second-order valence-electron chi connectivity index (χ2n) is 10.5. The smallest absolute Gasteiger partial charge is 0.312 e. The number of primary amides is 1. The van der Waals surface area contributed by atoms with Gasteiger partial charge in [-0.1, -0.05) is 52.7 Å². The van der Waals surface area contributed by atoms with Crippen LogP contribution in [0.25, 0.3) is 0 Å². The van der Waals surface area contributed by atoms with E-state index in [1.807, 2.05) is 6.92 Å². The van der Waals surface area contributed by atoms with Crippen LogP contribution in [0.3, 0.4) is 0 Å². The normalized spacial score (nSPS) is 11.4. The molecule has 0 bridgehead atoms. The van der Waals surface area contributed by atoms with E-state index in [2.05, 4.69) is 33.5 Å². The van der Waals surface area contributed by atoms with Crippen LogP contribution in [0, 0.1) is 5.92 Å². The Labute approximate surface area is 267 Å². The Morgan fingerprint density at radius 3 is 1.82 bits per heavy atom. The summed E-state index contributed by atoms with van der Waals surface area (Å²) in [6, 6.07) is 4.56. The van der Waals surface area contributed by atoms with E-state index in [4.69, 9.17) is 28.0 Å². The minimum absolute atomic E-state index is 0.0993. The number of hydrogen-bond donors (Lipinski definition) is 10. The number of rotatable bonds is 18. The van der Waals surface area contributed by atoms with Crippen molar-refractivity contribution in [1.82, 2.24) is 21.3 Å². The minimum Gasteiger partial charge on any atom is -0.392 e. The topological polar surface area (TPSA) is 270 Å². The van der Waals surface area contributed by atoms with Gasteiger partial charge in [0.25, 0.3) is 0 Å². The first-order valence-electron chi connectivity index (χ1n) is 15.4. The van der Waals surface area contributed by atoms with E-state index >= 15 is 0 Å². The van der Waals surface area contributed by atoms with Crippen molar-refractivity contribution in [3.63, 3.8) is 0 Å². The van der Waals surface area contributed by atoms with Crippen molar-refractivity contribution < 1.29 is 29.1 Å². The van der Waals surface area contributed by atoms with Gasteiger partial charge in [0, 0.05) is 12.2 Å². The van der Waals surface area contributed by atoms with Crippen LogP contribution in [-0.4, -0.2) is 79.6 Å². The van der Waals surface area contributed by atoms with E-state index in [9.17, 15) is 24.0 Å². The molecule has 15 nitrogen and oxygen atoms in total. The summed E-state index contributed by atoms with van der Waals surface area (Å²) in [4.78, 5) is 58.7. The summed E-state index contributed by atoms with van der Waals surface area (Å²) >= 11 is 0. The lowest BCUT2D eigenvalue weighted by Gasteiger charge is -2.22. The maximum atomic E-state index is 12.5. The fourth-order valence-electron chi connectivity index (χ4n) is 3.33. The van der Waals surface area contributed by atoms with Crippen LogP contribution < -0.4 is 49.5 Å². The number of aliphatic hydroxyl groups is 1. The lowest BCUT2D eigenvalue weighted by atomic mass is 10.0. The molecule has 2 atom stereocenters. The van der Waals surface area contributed by atoms with Gasteiger partial charge in [-0.05, 0) is 62.4 Å². The number of benzene rings is 1. The molecule has 0 saturated carbocycles. The maximum Gasteiger partial charge on any atom is 0.312 e. The van der Waals surface area contributed by atoms with Gasteiger partial charge in [0.15, 0.2) is 0 Å². The molecule has 0 aliphatic carbocycles. The number of amides is 6. The number of urea groups is 1. The molecule has 1 rings (SSSR count). The maximum absolute atomic E-state index is 12.5. The van der Waals surface area contributed by atoms with Gasteiger partial charge in [0.1, 0.15) is 6.04 Å². The highest BCUT2D eigenvalue weighted by Gasteiger charge is 2.25. The van der Waals surface area contributed by atoms with E-state index in [1.54, 1.807) is 38.1 Å². The summed E-state index contributed by atoms with van der Waals surface area (Å²) < 4.78 is 0. The molecule has 0 radical (unpaired) electrons. The number of anilines is 1. The quantitative estimate of drug-likeness (QED) is 0.0948. The van der Waals surface area contributed by atoms with Crippen LogP contribution in [0.4, 0.5) is 10.5 Å². The number of carbonyl (C=O) groups excluding carboxylic acids is 5. The molecule has 2 unspecified atom stereocenters. The first kappa shape index (κ1) is 43.3. The molecule has 258 valence electrons. The summed E-state index contributed by atoms with van der Waals surface area (Å²) in [7, 11) is 0. The Morgan fingerprint density at radius 2 is 1.38 bits per heavy atom. The lowest BCUT2D eigenvalue weighted by molar-refractivity contribution is -0.131. The highest BCUT2D eigenvalue weighted by atomic mass is 16.3. The standard InChI is InChI=1S/C22H36N6O5.C4H10N2O.C4H11N/c1-14(2)20(28-19(31)12-25-21(32)17(24)5-3-4-10-23)22(33)26-11-18(30)27-16-8-6-15(13-29)7-9-16;1-2-3-6-4(5)7;1-2-3-4-5/h6-9,14,17,20,29H,3-5,10-13,23-24H2,1-2H3,(H,25,32)(H,26,33)(H,27,30)(H,28,31);2-3H2,1H3,(H3,5,6,7);2-5H2,1H3. The van der Waals surface area contributed by atoms with Gasteiger partial charge < -0.3 is 54.6 Å². The summed E-state index contributed by atoms with van der Waals surface area (Å²) in [6.07, 6.45) is 5.27. The monoisotopic (exact) mass is 639 g/mol. The van der Waals surface area contributed by atoms with Crippen LogP contribution in [0.5, 0.6) is 0 Å². The van der Waals surface area contributed by atoms with Gasteiger partial charge in [-0.15, -0.1) is 0 Å². The number of unbranched alkanes of at least 4 members (excludes halogenated alkanes) is 2. The molecule has 0 aliphatic rings. The Morgan fingerprint density at radius 1 is 0.800 bits per heavy atom. The molecule has 45 heavy (non-hydrogen) atoms. The summed E-state index contributed by atoms with van der Waals surface area (Å²) in [5, 5.41) is 21.6. The molecule has 6 amide bonds. The Kier molecular flexibility index (Phi) is 26.7. The molecule has 1 aromatic rings. The van der Waals surface area contributed by atoms with Gasteiger partial charge in [0.05, 0.1) is 25.7 Å². The van der Waals surface area contributed by atoms with Crippen LogP contribution in [0.15, 0.2) is 24.3 Å². The third-order valence-corrected chi connectivity index (χ3v) is 5.95. The Hall–Kier alpha value is -3.79. The third kappa shape index (κ3) is 24.2. The second kappa shape index (κ2) is 27.7. The fraction of sp³-hybridized carbons (Fsp3) is 0.633. The van der Waals surface area contributed by atoms with Gasteiger partial charge in [-0.2, -0.15) is 0 Å². The number of carbonyl (C=O) groups is 5. The summed E-state index contributed by atoms with van der Waals surface area (Å²) in [5.41, 5.74) is 22.3. The van der Waals surface area contributed by atoms with Gasteiger partial charge in [-0.25, -0.2) is 4.79 Å².